The second-order valence-corrected chi connectivity index (χ2v) is 10.2. The van der Waals surface area contributed by atoms with E-state index in [1.165, 1.54) is 17.6 Å². The maximum absolute atomic E-state index is 13.0. The van der Waals surface area contributed by atoms with E-state index in [1.807, 2.05) is 0 Å². The number of ether oxygens (including phenoxy) is 2. The van der Waals surface area contributed by atoms with Crippen LogP contribution in [0.15, 0.2) is 53.6 Å². The normalized spacial score (nSPS) is 13.4. The van der Waals surface area contributed by atoms with Crippen LogP contribution in [-0.2, 0) is 22.4 Å². The van der Waals surface area contributed by atoms with Crippen LogP contribution in [0, 0.1) is 0 Å². The first-order valence-corrected chi connectivity index (χ1v) is 13.5. The highest BCUT2D eigenvalue weighted by atomic mass is 35.5. The predicted octanol–water partition coefficient (Wildman–Crippen LogP) is 5.63. The zero-order chi connectivity index (χ0) is 27.1. The van der Waals surface area contributed by atoms with Gasteiger partial charge in [-0.05, 0) is 87.1 Å². The molecule has 1 atom stereocenters. The molecule has 0 aliphatic heterocycles. The number of rotatable bonds is 9. The molecule has 2 N–H and O–H groups in total. The number of carbonyl (C=O) groups excluding carboxylic acids is 3. The fourth-order valence-electron chi connectivity index (χ4n) is 4.00. The number of hydrogen-bond acceptors (Lipinski definition) is 7. The van der Waals surface area contributed by atoms with E-state index in [4.69, 9.17) is 21.1 Å². The molecule has 0 saturated heterocycles. The lowest BCUT2D eigenvalue weighted by molar-refractivity contribution is -0.127. The molecule has 2 aromatic carbocycles. The zero-order valence-electron chi connectivity index (χ0n) is 21.1. The van der Waals surface area contributed by atoms with Gasteiger partial charge in [0.05, 0.1) is 18.4 Å². The van der Waals surface area contributed by atoms with Gasteiger partial charge < -0.3 is 14.8 Å². The van der Waals surface area contributed by atoms with Crippen molar-refractivity contribution >= 4 is 51.9 Å². The van der Waals surface area contributed by atoms with Crippen LogP contribution in [-0.4, -0.2) is 36.7 Å². The molecular weight excluding hydrogens is 526 g/mol. The number of benzene rings is 2. The molecule has 0 saturated carbocycles. The molecular formula is C28H28ClN3O5S. The molecule has 1 unspecified atom stereocenters. The summed E-state index contributed by atoms with van der Waals surface area (Å²) >= 11 is 7.30. The number of hydrogen-bond donors (Lipinski definition) is 2. The fraction of sp³-hybridized carbons (Fsp3) is 0.286. The van der Waals surface area contributed by atoms with Gasteiger partial charge in [0.1, 0.15) is 10.8 Å². The van der Waals surface area contributed by atoms with Crippen LogP contribution in [0.25, 0.3) is 0 Å². The van der Waals surface area contributed by atoms with Crippen LogP contribution in [0.5, 0.6) is 5.75 Å². The highest BCUT2D eigenvalue weighted by molar-refractivity contribution is 7.17. The van der Waals surface area contributed by atoms with E-state index >= 15 is 0 Å². The summed E-state index contributed by atoms with van der Waals surface area (Å²) in [6.07, 6.45) is 4.46. The van der Waals surface area contributed by atoms with E-state index < -0.39 is 18.0 Å². The Hall–Kier alpha value is -3.69. The number of halogens is 1. The maximum Gasteiger partial charge on any atom is 0.341 e. The van der Waals surface area contributed by atoms with Crippen molar-refractivity contribution < 1.29 is 23.9 Å². The Morgan fingerprint density at radius 1 is 1.08 bits per heavy atom. The van der Waals surface area contributed by atoms with Crippen LogP contribution < -0.4 is 15.5 Å². The number of nitrogens with one attached hydrogen (secondary N) is 2. The van der Waals surface area contributed by atoms with Gasteiger partial charge in [0.25, 0.3) is 11.8 Å². The molecule has 1 aromatic heterocycles. The summed E-state index contributed by atoms with van der Waals surface area (Å²) in [7, 11) is 0. The molecule has 0 radical (unpaired) electrons. The molecule has 0 spiro atoms. The number of carbonyl (C=O) groups is 3. The van der Waals surface area contributed by atoms with Gasteiger partial charge in [0, 0.05) is 15.5 Å². The SMILES string of the molecule is CCOC(=O)c1c(NC(=O)c2ccc(OC(C)C(=O)N/N=C/c3ccc(Cl)cc3)cc2)sc2c1CCCC2. The summed E-state index contributed by atoms with van der Waals surface area (Å²) in [6, 6.07) is 13.4. The van der Waals surface area contributed by atoms with Crippen LogP contribution in [0.4, 0.5) is 5.00 Å². The van der Waals surface area contributed by atoms with E-state index in [0.717, 1.165) is 41.7 Å². The van der Waals surface area contributed by atoms with Gasteiger partial charge in [-0.1, -0.05) is 23.7 Å². The average Bonchev–Trinajstić information content (AvgIpc) is 3.28. The van der Waals surface area contributed by atoms with Gasteiger partial charge >= 0.3 is 5.97 Å². The minimum Gasteiger partial charge on any atom is -0.481 e. The molecule has 3 aromatic rings. The first-order valence-electron chi connectivity index (χ1n) is 12.3. The summed E-state index contributed by atoms with van der Waals surface area (Å²) in [5.74, 6) is -0.756. The molecule has 0 fully saturated rings. The van der Waals surface area contributed by atoms with E-state index in [2.05, 4.69) is 15.8 Å². The number of thiophene rings is 1. The Bertz CT molecular complexity index is 1340. The predicted molar refractivity (Wildman–Crippen MR) is 149 cm³/mol. The van der Waals surface area contributed by atoms with Crippen molar-refractivity contribution in [2.24, 2.45) is 5.10 Å². The number of hydrazone groups is 1. The molecule has 8 nitrogen and oxygen atoms in total. The largest absolute Gasteiger partial charge is 0.481 e. The lowest BCUT2D eigenvalue weighted by Crippen LogP contribution is -2.33. The molecule has 2 amide bonds. The Balaban J connectivity index is 1.36. The molecule has 198 valence electrons. The molecule has 1 aliphatic rings. The molecule has 4 rings (SSSR count). The first kappa shape index (κ1) is 27.3. The topological polar surface area (TPSA) is 106 Å². The van der Waals surface area contributed by atoms with Crippen LogP contribution >= 0.6 is 22.9 Å². The van der Waals surface area contributed by atoms with Gasteiger partial charge in [0.15, 0.2) is 6.10 Å². The van der Waals surface area contributed by atoms with E-state index in [9.17, 15) is 14.4 Å². The zero-order valence-corrected chi connectivity index (χ0v) is 22.7. The maximum atomic E-state index is 13.0. The van der Waals surface area contributed by atoms with Crippen LogP contribution in [0.3, 0.4) is 0 Å². The van der Waals surface area contributed by atoms with Crippen LogP contribution in [0.2, 0.25) is 5.02 Å². The van der Waals surface area contributed by atoms with E-state index in [-0.39, 0.29) is 12.5 Å². The molecule has 10 heteroatoms. The molecule has 38 heavy (non-hydrogen) atoms. The second-order valence-electron chi connectivity index (χ2n) is 8.66. The second kappa shape index (κ2) is 12.7. The Morgan fingerprint density at radius 2 is 1.79 bits per heavy atom. The number of aryl methyl sites for hydroxylation is 1. The van der Waals surface area contributed by atoms with Gasteiger partial charge in [-0.2, -0.15) is 5.10 Å². The van der Waals surface area contributed by atoms with Crippen molar-refractivity contribution in [3.05, 3.63) is 80.7 Å². The molecule has 0 bridgehead atoms. The van der Waals surface area contributed by atoms with Gasteiger partial charge in [-0.3, -0.25) is 9.59 Å². The minimum absolute atomic E-state index is 0.267. The monoisotopic (exact) mass is 553 g/mol. The Labute approximate surface area is 230 Å². The van der Waals surface area contributed by atoms with Crippen molar-refractivity contribution in [3.8, 4) is 5.75 Å². The Morgan fingerprint density at radius 3 is 2.50 bits per heavy atom. The highest BCUT2D eigenvalue weighted by Gasteiger charge is 2.27. The van der Waals surface area contributed by atoms with Gasteiger partial charge in [-0.25, -0.2) is 10.2 Å². The third-order valence-corrected chi connectivity index (χ3v) is 7.39. The van der Waals surface area contributed by atoms with Crippen molar-refractivity contribution in [1.82, 2.24) is 5.43 Å². The van der Waals surface area contributed by atoms with Crippen molar-refractivity contribution in [2.75, 3.05) is 11.9 Å². The number of anilines is 1. The summed E-state index contributed by atoms with van der Waals surface area (Å²) in [5.41, 5.74) is 5.08. The summed E-state index contributed by atoms with van der Waals surface area (Å²) in [6.45, 7) is 3.63. The minimum atomic E-state index is -0.818. The quantitative estimate of drug-likeness (QED) is 0.203. The lowest BCUT2D eigenvalue weighted by atomic mass is 9.95. The first-order chi connectivity index (χ1) is 18.4. The Kier molecular flexibility index (Phi) is 9.15. The van der Waals surface area contributed by atoms with Crippen molar-refractivity contribution in [1.29, 1.82) is 0 Å². The fourth-order valence-corrected chi connectivity index (χ4v) is 5.40. The van der Waals surface area contributed by atoms with E-state index in [1.54, 1.807) is 62.4 Å². The smallest absolute Gasteiger partial charge is 0.341 e. The highest BCUT2D eigenvalue weighted by Crippen LogP contribution is 2.38. The van der Waals surface area contributed by atoms with Crippen molar-refractivity contribution in [3.63, 3.8) is 0 Å². The number of nitrogens with zero attached hydrogens (tertiary/aromatic N) is 1. The van der Waals surface area contributed by atoms with Gasteiger partial charge in [-0.15, -0.1) is 11.3 Å². The number of esters is 1. The standard InChI is InChI=1S/C28H28ClN3O5S/c1-3-36-28(35)24-22-6-4-5-7-23(22)38-27(24)31-26(34)19-10-14-21(15-11-19)37-17(2)25(33)32-30-16-18-8-12-20(29)13-9-18/h8-17H,3-7H2,1-2H3,(H,31,34)(H,32,33)/b30-16+. The van der Waals surface area contributed by atoms with Crippen LogP contribution in [0.1, 0.15) is 63.4 Å². The van der Waals surface area contributed by atoms with Crippen molar-refractivity contribution in [2.45, 2.75) is 45.6 Å². The number of fused-ring (bicyclic) bond motifs is 1. The van der Waals surface area contributed by atoms with E-state index in [0.29, 0.717) is 26.9 Å². The third-order valence-electron chi connectivity index (χ3n) is 5.93. The number of amides is 2. The summed E-state index contributed by atoms with van der Waals surface area (Å²) in [4.78, 5) is 39.1. The summed E-state index contributed by atoms with van der Waals surface area (Å²) in [5, 5.41) is 7.96. The lowest BCUT2D eigenvalue weighted by Gasteiger charge is -2.13. The third kappa shape index (κ3) is 6.79. The average molecular weight is 554 g/mol. The molecule has 1 heterocycles. The van der Waals surface area contributed by atoms with Gasteiger partial charge in [0.2, 0.25) is 0 Å². The molecule has 1 aliphatic carbocycles. The summed E-state index contributed by atoms with van der Waals surface area (Å²) < 4.78 is 10.9.